The molecule has 0 atom stereocenters. The van der Waals surface area contributed by atoms with Crippen molar-refractivity contribution in [3.05, 3.63) is 89.5 Å². The lowest BCUT2D eigenvalue weighted by Gasteiger charge is -2.10. The van der Waals surface area contributed by atoms with Crippen molar-refractivity contribution in [1.29, 1.82) is 0 Å². The van der Waals surface area contributed by atoms with Gasteiger partial charge in [-0.05, 0) is 73.0 Å². The second-order valence-corrected chi connectivity index (χ2v) is 7.53. The van der Waals surface area contributed by atoms with E-state index in [2.05, 4.69) is 24.5 Å². The van der Waals surface area contributed by atoms with Crippen molar-refractivity contribution in [3.8, 4) is 5.75 Å². The Morgan fingerprint density at radius 3 is 1.93 bits per heavy atom. The lowest BCUT2D eigenvalue weighted by molar-refractivity contribution is 0.101. The molecule has 0 heterocycles. The van der Waals surface area contributed by atoms with Crippen molar-refractivity contribution < 1.29 is 14.3 Å². The average Bonchev–Trinajstić information content (AvgIpc) is 2.74. The molecule has 3 aromatic carbocycles. The maximum Gasteiger partial charge on any atom is 0.255 e. The van der Waals surface area contributed by atoms with Crippen LogP contribution in [0.25, 0.3) is 0 Å². The summed E-state index contributed by atoms with van der Waals surface area (Å²) in [5, 5.41) is 5.73. The maximum absolute atomic E-state index is 12.5. The minimum Gasteiger partial charge on any atom is -0.493 e. The lowest BCUT2D eigenvalue weighted by Crippen LogP contribution is -2.14. The van der Waals surface area contributed by atoms with E-state index in [4.69, 9.17) is 4.74 Å². The van der Waals surface area contributed by atoms with E-state index in [1.807, 2.05) is 25.1 Å². The molecule has 0 aromatic heterocycles. The molecule has 5 nitrogen and oxygen atoms in total. The zero-order valence-electron chi connectivity index (χ0n) is 17.4. The van der Waals surface area contributed by atoms with Gasteiger partial charge in [-0.25, -0.2) is 0 Å². The molecule has 30 heavy (non-hydrogen) atoms. The van der Waals surface area contributed by atoms with Gasteiger partial charge in [-0.2, -0.15) is 0 Å². The number of hydrogen-bond donors (Lipinski definition) is 2. The van der Waals surface area contributed by atoms with E-state index in [9.17, 15) is 9.59 Å². The molecule has 0 fully saturated rings. The van der Waals surface area contributed by atoms with Crippen LogP contribution >= 0.6 is 0 Å². The third-order valence-electron chi connectivity index (χ3n) is 4.49. The van der Waals surface area contributed by atoms with Gasteiger partial charge in [0, 0.05) is 22.5 Å². The average molecular weight is 402 g/mol. The Morgan fingerprint density at radius 1 is 0.800 bits per heavy atom. The van der Waals surface area contributed by atoms with Crippen LogP contribution in [0.5, 0.6) is 5.75 Å². The Balaban J connectivity index is 1.58. The highest BCUT2D eigenvalue weighted by atomic mass is 16.5. The Bertz CT molecular complexity index is 1010. The third kappa shape index (κ3) is 5.70. The van der Waals surface area contributed by atoms with Gasteiger partial charge in [0.25, 0.3) is 11.8 Å². The first-order valence-electron chi connectivity index (χ1n) is 9.93. The summed E-state index contributed by atoms with van der Waals surface area (Å²) in [6.07, 6.45) is 0. The molecule has 2 N–H and O–H groups in total. The number of carbonyl (C=O) groups excluding carboxylic acids is 2. The maximum atomic E-state index is 12.5. The summed E-state index contributed by atoms with van der Waals surface area (Å²) in [7, 11) is 0. The van der Waals surface area contributed by atoms with Gasteiger partial charge in [-0.3, -0.25) is 9.59 Å². The largest absolute Gasteiger partial charge is 0.493 e. The second-order valence-electron chi connectivity index (χ2n) is 7.53. The van der Waals surface area contributed by atoms with Crippen LogP contribution in [0.15, 0.2) is 72.8 Å². The molecular formula is C25H26N2O3. The molecule has 0 bridgehead atoms. The van der Waals surface area contributed by atoms with Gasteiger partial charge in [-0.1, -0.05) is 32.0 Å². The smallest absolute Gasteiger partial charge is 0.255 e. The summed E-state index contributed by atoms with van der Waals surface area (Å²) < 4.78 is 5.64. The molecule has 3 aromatic rings. The first-order chi connectivity index (χ1) is 14.4. The van der Waals surface area contributed by atoms with E-state index in [1.54, 1.807) is 54.6 Å². The van der Waals surface area contributed by atoms with E-state index in [0.717, 1.165) is 11.3 Å². The van der Waals surface area contributed by atoms with E-state index in [1.165, 1.54) is 0 Å². The van der Waals surface area contributed by atoms with Crippen LogP contribution in [0.3, 0.4) is 0 Å². The number of aryl methyl sites for hydroxylation is 1. The van der Waals surface area contributed by atoms with Crippen molar-refractivity contribution in [1.82, 2.24) is 0 Å². The van der Waals surface area contributed by atoms with Crippen LogP contribution in [0.1, 0.15) is 40.1 Å². The van der Waals surface area contributed by atoms with Crippen LogP contribution < -0.4 is 15.4 Å². The number of rotatable bonds is 7. The van der Waals surface area contributed by atoms with Crippen molar-refractivity contribution in [2.75, 3.05) is 17.2 Å². The molecule has 154 valence electrons. The Kier molecular flexibility index (Phi) is 6.86. The van der Waals surface area contributed by atoms with Gasteiger partial charge >= 0.3 is 0 Å². The van der Waals surface area contributed by atoms with Crippen LogP contribution in [0, 0.1) is 12.8 Å². The van der Waals surface area contributed by atoms with Gasteiger partial charge in [0.2, 0.25) is 0 Å². The van der Waals surface area contributed by atoms with Crippen molar-refractivity contribution >= 4 is 23.2 Å². The fourth-order valence-electron chi connectivity index (χ4n) is 2.83. The molecule has 0 unspecified atom stereocenters. The van der Waals surface area contributed by atoms with Gasteiger partial charge < -0.3 is 15.4 Å². The number of carbonyl (C=O) groups is 2. The SMILES string of the molecule is Cc1ccccc1C(=O)Nc1ccc(NC(=O)c2ccc(OCC(C)C)cc2)cc1. The van der Waals surface area contributed by atoms with Gasteiger partial charge in [0.05, 0.1) is 6.61 Å². The Hall–Kier alpha value is -3.60. The van der Waals surface area contributed by atoms with Crippen LogP contribution in [-0.2, 0) is 0 Å². The van der Waals surface area contributed by atoms with E-state index < -0.39 is 0 Å². The fraction of sp³-hybridized carbons (Fsp3) is 0.200. The zero-order chi connectivity index (χ0) is 21.5. The molecule has 3 rings (SSSR count). The second kappa shape index (κ2) is 9.74. The number of anilines is 2. The first-order valence-corrected chi connectivity index (χ1v) is 9.93. The lowest BCUT2D eigenvalue weighted by atomic mass is 10.1. The van der Waals surface area contributed by atoms with Crippen LogP contribution in [0.4, 0.5) is 11.4 Å². The van der Waals surface area contributed by atoms with Crippen molar-refractivity contribution in [2.24, 2.45) is 5.92 Å². The number of benzene rings is 3. The molecule has 0 aliphatic carbocycles. The van der Waals surface area contributed by atoms with Crippen molar-refractivity contribution in [2.45, 2.75) is 20.8 Å². The third-order valence-corrected chi connectivity index (χ3v) is 4.49. The summed E-state index contributed by atoms with van der Waals surface area (Å²) in [6, 6.07) is 21.5. The van der Waals surface area contributed by atoms with E-state index in [0.29, 0.717) is 35.0 Å². The Morgan fingerprint density at radius 2 is 1.37 bits per heavy atom. The first kappa shape index (κ1) is 21.1. The summed E-state index contributed by atoms with van der Waals surface area (Å²) in [5.74, 6) is 0.818. The molecule has 0 aliphatic heterocycles. The summed E-state index contributed by atoms with van der Waals surface area (Å²) in [6.45, 7) is 6.71. The molecule has 0 aliphatic rings. The highest BCUT2D eigenvalue weighted by Crippen LogP contribution is 2.18. The molecule has 0 radical (unpaired) electrons. The van der Waals surface area contributed by atoms with Crippen molar-refractivity contribution in [3.63, 3.8) is 0 Å². The van der Waals surface area contributed by atoms with Gasteiger partial charge in [0.1, 0.15) is 5.75 Å². The predicted molar refractivity (Wildman–Crippen MR) is 120 cm³/mol. The summed E-state index contributed by atoms with van der Waals surface area (Å²) in [4.78, 5) is 24.9. The minimum absolute atomic E-state index is 0.162. The normalized spacial score (nSPS) is 10.5. The molecule has 0 saturated heterocycles. The highest BCUT2D eigenvalue weighted by molar-refractivity contribution is 6.06. The van der Waals surface area contributed by atoms with E-state index in [-0.39, 0.29) is 11.8 Å². The van der Waals surface area contributed by atoms with E-state index >= 15 is 0 Å². The van der Waals surface area contributed by atoms with Crippen LogP contribution in [-0.4, -0.2) is 18.4 Å². The van der Waals surface area contributed by atoms with Gasteiger partial charge in [0.15, 0.2) is 0 Å². The number of amides is 2. The molecule has 0 spiro atoms. The van der Waals surface area contributed by atoms with Crippen LogP contribution in [0.2, 0.25) is 0 Å². The fourth-order valence-corrected chi connectivity index (χ4v) is 2.83. The summed E-state index contributed by atoms with van der Waals surface area (Å²) >= 11 is 0. The standard InChI is InChI=1S/C25H26N2O3/c1-17(2)16-30-22-14-8-19(9-15-22)24(28)26-20-10-12-21(13-11-20)27-25(29)23-7-5-4-6-18(23)3/h4-15,17H,16H2,1-3H3,(H,26,28)(H,27,29). The number of hydrogen-bond acceptors (Lipinski definition) is 3. The number of ether oxygens (including phenoxy) is 1. The molecular weight excluding hydrogens is 376 g/mol. The Labute approximate surface area is 177 Å². The predicted octanol–water partition coefficient (Wildman–Crippen LogP) is 5.53. The highest BCUT2D eigenvalue weighted by Gasteiger charge is 2.10. The quantitative estimate of drug-likeness (QED) is 0.546. The summed E-state index contributed by atoms with van der Waals surface area (Å²) in [5.41, 5.74) is 3.40. The monoisotopic (exact) mass is 402 g/mol. The number of nitrogens with one attached hydrogen (secondary N) is 2. The molecule has 0 saturated carbocycles. The molecule has 5 heteroatoms. The minimum atomic E-state index is -0.206. The topological polar surface area (TPSA) is 67.4 Å². The zero-order valence-corrected chi connectivity index (χ0v) is 17.4. The molecule has 2 amide bonds. The van der Waals surface area contributed by atoms with Gasteiger partial charge in [-0.15, -0.1) is 0 Å².